The van der Waals surface area contributed by atoms with E-state index in [1.165, 1.54) is 12.1 Å². The fourth-order valence-electron chi connectivity index (χ4n) is 2.28. The summed E-state index contributed by atoms with van der Waals surface area (Å²) in [4.78, 5) is 0. The molecule has 0 aliphatic rings. The van der Waals surface area contributed by atoms with Crippen molar-refractivity contribution in [2.24, 2.45) is 0 Å². The van der Waals surface area contributed by atoms with Crippen LogP contribution in [0.4, 0.5) is 21.5 Å². The molecular formula is C20H18FN3S. The van der Waals surface area contributed by atoms with Gasteiger partial charge in [-0.25, -0.2) is 4.39 Å². The molecule has 0 bridgehead atoms. The summed E-state index contributed by atoms with van der Waals surface area (Å²) < 4.78 is 12.9. The van der Waals surface area contributed by atoms with Crippen molar-refractivity contribution >= 4 is 34.4 Å². The van der Waals surface area contributed by atoms with Gasteiger partial charge in [-0.15, -0.1) is 0 Å². The Morgan fingerprint density at radius 2 is 1.36 bits per heavy atom. The number of para-hydroxylation sites is 1. The quantitative estimate of drug-likeness (QED) is 0.562. The van der Waals surface area contributed by atoms with Crippen molar-refractivity contribution in [1.82, 2.24) is 5.32 Å². The van der Waals surface area contributed by atoms with Gasteiger partial charge in [0.25, 0.3) is 0 Å². The zero-order chi connectivity index (χ0) is 17.5. The first-order chi connectivity index (χ1) is 12.2. The molecule has 0 aliphatic heterocycles. The van der Waals surface area contributed by atoms with E-state index in [2.05, 4.69) is 16.0 Å². The van der Waals surface area contributed by atoms with Gasteiger partial charge in [0, 0.05) is 23.6 Å². The minimum absolute atomic E-state index is 0.242. The smallest absolute Gasteiger partial charge is 0.171 e. The fraction of sp³-hybridized carbons (Fsp3) is 0.0500. The molecule has 0 unspecified atom stereocenters. The molecule has 0 amide bonds. The number of benzene rings is 3. The van der Waals surface area contributed by atoms with Gasteiger partial charge >= 0.3 is 0 Å². The maximum atomic E-state index is 12.9. The van der Waals surface area contributed by atoms with E-state index in [0.29, 0.717) is 11.7 Å². The van der Waals surface area contributed by atoms with Gasteiger partial charge in [0.15, 0.2) is 5.11 Å². The summed E-state index contributed by atoms with van der Waals surface area (Å²) in [6.45, 7) is 0.541. The third-order valence-electron chi connectivity index (χ3n) is 3.57. The molecule has 0 aromatic heterocycles. The Hall–Kier alpha value is -2.92. The van der Waals surface area contributed by atoms with E-state index in [1.807, 2.05) is 54.6 Å². The fourth-order valence-corrected chi connectivity index (χ4v) is 2.47. The molecule has 3 aromatic rings. The topological polar surface area (TPSA) is 36.1 Å². The van der Waals surface area contributed by atoms with Crippen LogP contribution in [0.15, 0.2) is 78.9 Å². The molecule has 25 heavy (non-hydrogen) atoms. The Labute approximate surface area is 151 Å². The molecule has 3 rings (SSSR count). The Kier molecular flexibility index (Phi) is 5.59. The van der Waals surface area contributed by atoms with Gasteiger partial charge < -0.3 is 16.0 Å². The highest BCUT2D eigenvalue weighted by Crippen LogP contribution is 2.18. The molecule has 5 heteroatoms. The molecule has 0 aliphatic carbocycles. The Morgan fingerprint density at radius 3 is 2.04 bits per heavy atom. The molecule has 0 spiro atoms. The van der Waals surface area contributed by atoms with Crippen molar-refractivity contribution < 1.29 is 4.39 Å². The van der Waals surface area contributed by atoms with E-state index in [-0.39, 0.29) is 5.82 Å². The maximum Gasteiger partial charge on any atom is 0.171 e. The third-order valence-corrected chi connectivity index (χ3v) is 3.82. The maximum absolute atomic E-state index is 12.9. The molecule has 0 radical (unpaired) electrons. The number of hydrogen-bond acceptors (Lipinski definition) is 2. The van der Waals surface area contributed by atoms with E-state index in [0.717, 1.165) is 22.6 Å². The average Bonchev–Trinajstić information content (AvgIpc) is 2.64. The van der Waals surface area contributed by atoms with Crippen LogP contribution in [0.25, 0.3) is 0 Å². The van der Waals surface area contributed by atoms with Crippen LogP contribution in [0.1, 0.15) is 5.56 Å². The molecule has 0 heterocycles. The van der Waals surface area contributed by atoms with Gasteiger partial charge in [-0.1, -0.05) is 30.3 Å². The molecule has 0 saturated carbocycles. The Morgan fingerprint density at radius 1 is 0.760 bits per heavy atom. The molecule has 3 aromatic carbocycles. The van der Waals surface area contributed by atoms with E-state index in [9.17, 15) is 4.39 Å². The number of hydrogen-bond donors (Lipinski definition) is 3. The predicted molar refractivity (Wildman–Crippen MR) is 106 cm³/mol. The third kappa shape index (κ3) is 5.29. The number of halogens is 1. The summed E-state index contributed by atoms with van der Waals surface area (Å²) in [5.41, 5.74) is 3.91. The van der Waals surface area contributed by atoms with Crippen LogP contribution in [0.5, 0.6) is 0 Å². The van der Waals surface area contributed by atoms with Crippen LogP contribution in [0.3, 0.4) is 0 Å². The first-order valence-corrected chi connectivity index (χ1v) is 8.31. The summed E-state index contributed by atoms with van der Waals surface area (Å²) in [5, 5.41) is 10.1. The molecule has 0 atom stereocenters. The lowest BCUT2D eigenvalue weighted by Gasteiger charge is -2.12. The van der Waals surface area contributed by atoms with E-state index >= 15 is 0 Å². The van der Waals surface area contributed by atoms with Gasteiger partial charge in [0.05, 0.1) is 0 Å². The molecule has 126 valence electrons. The van der Waals surface area contributed by atoms with Crippen molar-refractivity contribution in [2.45, 2.75) is 6.54 Å². The monoisotopic (exact) mass is 351 g/mol. The summed E-state index contributed by atoms with van der Waals surface area (Å²) in [6, 6.07) is 24.2. The number of thiocarbonyl (C=S) groups is 1. The van der Waals surface area contributed by atoms with Crippen molar-refractivity contribution in [3.8, 4) is 0 Å². The largest absolute Gasteiger partial charge is 0.358 e. The van der Waals surface area contributed by atoms with Crippen LogP contribution in [-0.2, 0) is 6.54 Å². The van der Waals surface area contributed by atoms with E-state index < -0.39 is 0 Å². The molecule has 0 fully saturated rings. The average molecular weight is 351 g/mol. The Bertz CT molecular complexity index is 818. The first-order valence-electron chi connectivity index (χ1n) is 7.90. The predicted octanol–water partition coefficient (Wildman–Crippen LogP) is 5.06. The number of nitrogens with one attached hydrogen (secondary N) is 3. The van der Waals surface area contributed by atoms with Crippen molar-refractivity contribution in [3.05, 3.63) is 90.2 Å². The van der Waals surface area contributed by atoms with Gasteiger partial charge in [-0.3, -0.25) is 0 Å². The summed E-state index contributed by atoms with van der Waals surface area (Å²) in [7, 11) is 0. The lowest BCUT2D eigenvalue weighted by Crippen LogP contribution is -2.27. The van der Waals surface area contributed by atoms with Crippen molar-refractivity contribution in [2.75, 3.05) is 10.6 Å². The van der Waals surface area contributed by atoms with Gasteiger partial charge in [-0.2, -0.15) is 0 Å². The molecule has 3 nitrogen and oxygen atoms in total. The zero-order valence-electron chi connectivity index (χ0n) is 13.5. The summed E-state index contributed by atoms with van der Waals surface area (Å²) in [6.07, 6.45) is 0. The first kappa shape index (κ1) is 16.9. The van der Waals surface area contributed by atoms with Gasteiger partial charge in [0.1, 0.15) is 5.82 Å². The second kappa shape index (κ2) is 8.26. The van der Waals surface area contributed by atoms with Crippen molar-refractivity contribution in [3.63, 3.8) is 0 Å². The lowest BCUT2D eigenvalue weighted by atomic mass is 10.2. The highest BCUT2D eigenvalue weighted by atomic mass is 32.1. The second-order valence-electron chi connectivity index (χ2n) is 5.50. The van der Waals surface area contributed by atoms with E-state index in [1.54, 1.807) is 12.1 Å². The van der Waals surface area contributed by atoms with Crippen LogP contribution in [0.2, 0.25) is 0 Å². The zero-order valence-corrected chi connectivity index (χ0v) is 14.3. The Balaban J connectivity index is 1.50. The summed E-state index contributed by atoms with van der Waals surface area (Å²) in [5.74, 6) is -0.242. The normalized spacial score (nSPS) is 10.1. The molecule has 3 N–H and O–H groups in total. The SMILES string of the molecule is Fc1ccc(CNC(=S)Nc2ccc(Nc3ccccc3)cc2)cc1. The van der Waals surface area contributed by atoms with Crippen LogP contribution < -0.4 is 16.0 Å². The number of anilines is 3. The van der Waals surface area contributed by atoms with Gasteiger partial charge in [0.2, 0.25) is 0 Å². The lowest BCUT2D eigenvalue weighted by molar-refractivity contribution is 0.627. The van der Waals surface area contributed by atoms with Crippen LogP contribution in [-0.4, -0.2) is 5.11 Å². The summed E-state index contributed by atoms with van der Waals surface area (Å²) >= 11 is 5.29. The highest BCUT2D eigenvalue weighted by molar-refractivity contribution is 7.80. The minimum Gasteiger partial charge on any atom is -0.358 e. The number of rotatable bonds is 5. The van der Waals surface area contributed by atoms with Crippen molar-refractivity contribution in [1.29, 1.82) is 0 Å². The van der Waals surface area contributed by atoms with Gasteiger partial charge in [-0.05, 0) is 66.3 Å². The molecule has 0 saturated heterocycles. The molecular weight excluding hydrogens is 333 g/mol. The highest BCUT2D eigenvalue weighted by Gasteiger charge is 2.00. The van der Waals surface area contributed by atoms with Crippen LogP contribution >= 0.6 is 12.2 Å². The minimum atomic E-state index is -0.242. The standard InChI is InChI=1S/C20H18FN3S/c21-16-8-6-15(7-9-16)14-22-20(25)24-19-12-10-18(11-13-19)23-17-4-2-1-3-5-17/h1-13,23H,14H2,(H2,22,24,25). The van der Waals surface area contributed by atoms with E-state index in [4.69, 9.17) is 12.2 Å². The van der Waals surface area contributed by atoms with Crippen LogP contribution in [0, 0.1) is 5.82 Å². The second-order valence-corrected chi connectivity index (χ2v) is 5.91.